The first-order valence-electron chi connectivity index (χ1n) is 4.00. The lowest BCUT2D eigenvalue weighted by Gasteiger charge is -2.05. The number of benzene rings is 1. The van der Waals surface area contributed by atoms with E-state index in [-0.39, 0.29) is 5.82 Å². The normalized spacial score (nSPS) is 10.5. The number of fused-ring (bicyclic) bond motifs is 1. The molecule has 0 amide bonds. The van der Waals surface area contributed by atoms with Gasteiger partial charge in [-0.05, 0) is 18.2 Å². The average Bonchev–Trinajstić information content (AvgIpc) is 2.18. The first kappa shape index (κ1) is 9.21. The average molecular weight is 212 g/mol. The van der Waals surface area contributed by atoms with Gasteiger partial charge in [-0.3, -0.25) is 0 Å². The lowest BCUT2D eigenvalue weighted by atomic mass is 10.1. The van der Waals surface area contributed by atoms with Gasteiger partial charge in [-0.25, -0.2) is 9.37 Å². The summed E-state index contributed by atoms with van der Waals surface area (Å²) >= 11 is 5.71. The van der Waals surface area contributed by atoms with Crippen molar-refractivity contribution in [3.63, 3.8) is 0 Å². The van der Waals surface area contributed by atoms with Crippen LogP contribution in [-0.2, 0) is 0 Å². The Balaban J connectivity index is 2.85. The monoisotopic (exact) mass is 211 g/mol. The highest BCUT2D eigenvalue weighted by Gasteiger charge is 2.06. The van der Waals surface area contributed by atoms with E-state index >= 15 is 0 Å². The predicted octanol–water partition coefficient (Wildman–Crippen LogP) is 3.04. The SMILES string of the molecule is COc1ccc(F)c2cnc(Cl)cc12. The van der Waals surface area contributed by atoms with E-state index in [1.54, 1.807) is 12.1 Å². The molecule has 0 N–H and O–H groups in total. The number of nitrogens with zero attached hydrogens (tertiary/aromatic N) is 1. The summed E-state index contributed by atoms with van der Waals surface area (Å²) in [7, 11) is 1.53. The molecule has 0 bridgehead atoms. The van der Waals surface area contributed by atoms with E-state index in [0.717, 1.165) is 0 Å². The summed E-state index contributed by atoms with van der Waals surface area (Å²) in [5.74, 6) is 0.260. The van der Waals surface area contributed by atoms with E-state index < -0.39 is 0 Å². The maximum absolute atomic E-state index is 13.3. The van der Waals surface area contributed by atoms with Crippen LogP contribution in [0, 0.1) is 5.82 Å². The molecule has 0 unspecified atom stereocenters. The predicted molar refractivity (Wildman–Crippen MR) is 53.3 cm³/mol. The molecule has 1 aromatic heterocycles. The molecule has 0 aliphatic heterocycles. The van der Waals surface area contributed by atoms with Crippen LogP contribution in [0.3, 0.4) is 0 Å². The molecule has 0 radical (unpaired) electrons. The molecule has 2 rings (SSSR count). The fourth-order valence-corrected chi connectivity index (χ4v) is 1.49. The summed E-state index contributed by atoms with van der Waals surface area (Å²) in [4.78, 5) is 3.81. The summed E-state index contributed by atoms with van der Waals surface area (Å²) in [6.45, 7) is 0. The van der Waals surface area contributed by atoms with Gasteiger partial charge in [0.15, 0.2) is 0 Å². The molecule has 14 heavy (non-hydrogen) atoms. The van der Waals surface area contributed by atoms with Gasteiger partial charge in [0.2, 0.25) is 0 Å². The molecular formula is C10H7ClFNO. The number of halogens is 2. The van der Waals surface area contributed by atoms with E-state index in [2.05, 4.69) is 4.98 Å². The molecule has 2 aromatic rings. The number of hydrogen-bond donors (Lipinski definition) is 0. The van der Waals surface area contributed by atoms with Gasteiger partial charge < -0.3 is 4.74 Å². The molecule has 4 heteroatoms. The maximum Gasteiger partial charge on any atom is 0.132 e. The molecule has 0 aliphatic carbocycles. The van der Waals surface area contributed by atoms with E-state index in [1.165, 1.54) is 19.4 Å². The molecule has 0 atom stereocenters. The zero-order valence-electron chi connectivity index (χ0n) is 7.42. The Morgan fingerprint density at radius 3 is 2.86 bits per heavy atom. The fourth-order valence-electron chi connectivity index (χ4n) is 1.33. The van der Waals surface area contributed by atoms with Crippen molar-refractivity contribution in [3.8, 4) is 5.75 Å². The number of hydrogen-bond acceptors (Lipinski definition) is 2. The maximum atomic E-state index is 13.3. The van der Waals surface area contributed by atoms with Gasteiger partial charge in [0.25, 0.3) is 0 Å². The fraction of sp³-hybridized carbons (Fsp3) is 0.100. The van der Waals surface area contributed by atoms with Gasteiger partial charge in [0.05, 0.1) is 7.11 Å². The lowest BCUT2D eigenvalue weighted by Crippen LogP contribution is -1.88. The van der Waals surface area contributed by atoms with Crippen molar-refractivity contribution < 1.29 is 9.13 Å². The Bertz CT molecular complexity index is 487. The molecular weight excluding hydrogens is 205 g/mol. The Morgan fingerprint density at radius 2 is 2.14 bits per heavy atom. The Morgan fingerprint density at radius 1 is 1.36 bits per heavy atom. The highest BCUT2D eigenvalue weighted by atomic mass is 35.5. The summed E-state index contributed by atoms with van der Waals surface area (Å²) in [5.41, 5.74) is 0. The summed E-state index contributed by atoms with van der Waals surface area (Å²) in [6.07, 6.45) is 1.40. The highest BCUT2D eigenvalue weighted by Crippen LogP contribution is 2.28. The van der Waals surface area contributed by atoms with Crippen LogP contribution in [0.15, 0.2) is 24.4 Å². The van der Waals surface area contributed by atoms with Crippen LogP contribution in [0.2, 0.25) is 5.15 Å². The Hall–Kier alpha value is -1.35. The molecule has 1 heterocycles. The summed E-state index contributed by atoms with van der Waals surface area (Å²) in [6, 6.07) is 4.49. The molecule has 0 saturated heterocycles. The molecule has 0 saturated carbocycles. The van der Waals surface area contributed by atoms with Gasteiger partial charge >= 0.3 is 0 Å². The van der Waals surface area contributed by atoms with Crippen molar-refractivity contribution >= 4 is 22.4 Å². The standard InChI is InChI=1S/C10H7ClFNO/c1-14-9-3-2-8(12)7-5-13-10(11)4-6(7)9/h2-5H,1H3. The van der Waals surface area contributed by atoms with Gasteiger partial charge in [0.1, 0.15) is 16.7 Å². The van der Waals surface area contributed by atoms with E-state index in [0.29, 0.717) is 21.7 Å². The third-order valence-corrected chi connectivity index (χ3v) is 2.20. The van der Waals surface area contributed by atoms with Crippen molar-refractivity contribution in [2.75, 3.05) is 7.11 Å². The van der Waals surface area contributed by atoms with Gasteiger partial charge in [-0.2, -0.15) is 0 Å². The number of ether oxygens (including phenoxy) is 1. The molecule has 1 aromatic carbocycles. The smallest absolute Gasteiger partial charge is 0.132 e. The minimum absolute atomic E-state index is 0.321. The number of aromatic nitrogens is 1. The molecule has 0 fully saturated rings. The van der Waals surface area contributed by atoms with Crippen LogP contribution in [0.4, 0.5) is 4.39 Å². The molecule has 0 aliphatic rings. The number of rotatable bonds is 1. The zero-order valence-corrected chi connectivity index (χ0v) is 8.18. The Labute approximate surface area is 85.3 Å². The third-order valence-electron chi connectivity index (χ3n) is 1.99. The highest BCUT2D eigenvalue weighted by molar-refractivity contribution is 6.30. The topological polar surface area (TPSA) is 22.1 Å². The first-order chi connectivity index (χ1) is 6.72. The summed E-state index contributed by atoms with van der Waals surface area (Å²) in [5, 5.41) is 1.36. The van der Waals surface area contributed by atoms with Crippen LogP contribution >= 0.6 is 11.6 Å². The van der Waals surface area contributed by atoms with Crippen molar-refractivity contribution in [1.29, 1.82) is 0 Å². The second-order valence-electron chi connectivity index (χ2n) is 2.80. The van der Waals surface area contributed by atoms with Crippen molar-refractivity contribution in [2.24, 2.45) is 0 Å². The Kier molecular flexibility index (Phi) is 2.25. The van der Waals surface area contributed by atoms with Gasteiger partial charge in [-0.1, -0.05) is 11.6 Å². The third kappa shape index (κ3) is 1.40. The van der Waals surface area contributed by atoms with Gasteiger partial charge in [-0.15, -0.1) is 0 Å². The van der Waals surface area contributed by atoms with Gasteiger partial charge in [0, 0.05) is 17.0 Å². The van der Waals surface area contributed by atoms with E-state index in [4.69, 9.17) is 16.3 Å². The molecule has 72 valence electrons. The summed E-state index contributed by atoms with van der Waals surface area (Å²) < 4.78 is 18.4. The minimum Gasteiger partial charge on any atom is -0.496 e. The van der Waals surface area contributed by atoms with Crippen molar-refractivity contribution in [2.45, 2.75) is 0 Å². The minimum atomic E-state index is -0.329. The second kappa shape index (κ2) is 3.42. The van der Waals surface area contributed by atoms with Crippen LogP contribution in [0.25, 0.3) is 10.8 Å². The van der Waals surface area contributed by atoms with Crippen LogP contribution in [0.1, 0.15) is 0 Å². The molecule has 2 nitrogen and oxygen atoms in total. The van der Waals surface area contributed by atoms with Crippen molar-refractivity contribution in [3.05, 3.63) is 35.4 Å². The zero-order chi connectivity index (χ0) is 10.1. The van der Waals surface area contributed by atoms with E-state index in [1.807, 2.05) is 0 Å². The first-order valence-corrected chi connectivity index (χ1v) is 4.38. The second-order valence-corrected chi connectivity index (χ2v) is 3.19. The van der Waals surface area contributed by atoms with E-state index in [9.17, 15) is 4.39 Å². The van der Waals surface area contributed by atoms with Crippen LogP contribution in [-0.4, -0.2) is 12.1 Å². The largest absolute Gasteiger partial charge is 0.496 e. The molecule has 0 spiro atoms. The van der Waals surface area contributed by atoms with Crippen LogP contribution < -0.4 is 4.74 Å². The number of pyridine rings is 1. The lowest BCUT2D eigenvalue weighted by molar-refractivity contribution is 0.419. The number of methoxy groups -OCH3 is 1. The van der Waals surface area contributed by atoms with Crippen molar-refractivity contribution in [1.82, 2.24) is 4.98 Å². The quantitative estimate of drug-likeness (QED) is 0.677. The van der Waals surface area contributed by atoms with Crippen LogP contribution in [0.5, 0.6) is 5.75 Å².